The lowest BCUT2D eigenvalue weighted by Gasteiger charge is -2.07. The maximum absolute atomic E-state index is 11.7. The van der Waals surface area contributed by atoms with Crippen LogP contribution in [0.1, 0.15) is 29.6 Å². The van der Waals surface area contributed by atoms with Gasteiger partial charge in [-0.3, -0.25) is 0 Å². The van der Waals surface area contributed by atoms with E-state index in [0.717, 1.165) is 25.0 Å². The van der Waals surface area contributed by atoms with Crippen molar-refractivity contribution in [1.82, 2.24) is 0 Å². The number of benzene rings is 2. The Morgan fingerprint density at radius 1 is 0.677 bits per heavy atom. The van der Waals surface area contributed by atoms with Gasteiger partial charge >= 0.3 is 5.97 Å². The van der Waals surface area contributed by atoms with E-state index in [-0.39, 0.29) is 0 Å². The van der Waals surface area contributed by atoms with Gasteiger partial charge in [0.2, 0.25) is 0 Å². The van der Waals surface area contributed by atoms with Crippen molar-refractivity contribution in [2.24, 2.45) is 0 Å². The van der Waals surface area contributed by atoms with Gasteiger partial charge in [-0.2, -0.15) is 0 Å². The Labute approximate surface area is 185 Å². The number of para-hydroxylation sites is 2. The first-order valence-electron chi connectivity index (χ1n) is 10.4. The number of allylic oxidation sites excluding steroid dienone is 6. The Balaban J connectivity index is 1.53. The Bertz CT molecular complexity index is 879. The monoisotopic (exact) mass is 418 g/mol. The van der Waals surface area contributed by atoms with Gasteiger partial charge in [-0.05, 0) is 43.5 Å². The van der Waals surface area contributed by atoms with Gasteiger partial charge in [0, 0.05) is 0 Å². The first-order valence-corrected chi connectivity index (χ1v) is 10.4. The quantitative estimate of drug-likeness (QED) is 0.282. The summed E-state index contributed by atoms with van der Waals surface area (Å²) in [4.78, 5) is 11.7. The molecular weight excluding hydrogens is 388 g/mol. The lowest BCUT2D eigenvalue weighted by molar-refractivity contribution is 0.0596. The number of ether oxygens (including phenoxy) is 3. The number of esters is 1. The van der Waals surface area contributed by atoms with Gasteiger partial charge in [0.05, 0.1) is 7.11 Å². The summed E-state index contributed by atoms with van der Waals surface area (Å²) in [6.07, 6.45) is 19.3. The van der Waals surface area contributed by atoms with Crippen LogP contribution in [-0.2, 0) is 4.74 Å². The number of carbonyl (C=O) groups excluding carboxylic acids is 1. The van der Waals surface area contributed by atoms with E-state index in [1.165, 1.54) is 7.11 Å². The Morgan fingerprint density at radius 2 is 1.19 bits per heavy atom. The van der Waals surface area contributed by atoms with E-state index in [4.69, 9.17) is 14.2 Å². The van der Waals surface area contributed by atoms with Gasteiger partial charge in [0.15, 0.2) is 0 Å². The fourth-order valence-electron chi connectivity index (χ4n) is 2.62. The molecule has 0 radical (unpaired) electrons. The molecule has 0 heterocycles. The molecule has 0 atom stereocenters. The molecule has 0 aromatic heterocycles. The molecule has 2 aromatic rings. The predicted molar refractivity (Wildman–Crippen MR) is 126 cm³/mol. The summed E-state index contributed by atoms with van der Waals surface area (Å²) in [6.45, 7) is 0.990. The maximum atomic E-state index is 11.7. The molecule has 0 aliphatic heterocycles. The highest BCUT2D eigenvalue weighted by Gasteiger charge is 2.11. The van der Waals surface area contributed by atoms with Crippen LogP contribution >= 0.6 is 0 Å². The summed E-state index contributed by atoms with van der Waals surface area (Å²) in [5.74, 6) is 1.02. The zero-order chi connectivity index (χ0) is 22.0. The van der Waals surface area contributed by atoms with Gasteiger partial charge in [0.25, 0.3) is 0 Å². The molecular formula is C27H30O4. The lowest BCUT2D eigenvalue weighted by Crippen LogP contribution is -2.05. The third kappa shape index (κ3) is 10.2. The average molecular weight is 419 g/mol. The third-order valence-electron chi connectivity index (χ3n) is 4.20. The standard InChI is InChI=1S/C27H30O4/c1-29-27(28)25-20-14-15-21-26(25)31-23-17-10-8-6-4-2-3-5-7-9-16-22-30-24-18-12-11-13-19-24/h3-6,9-21H,2,7-8,22-23H2,1H3/b5-3-,6-4-,16-9-,17-10-. The second-order valence-corrected chi connectivity index (χ2v) is 6.52. The average Bonchev–Trinajstić information content (AvgIpc) is 2.82. The predicted octanol–water partition coefficient (Wildman–Crippen LogP) is 6.33. The van der Waals surface area contributed by atoms with Crippen LogP contribution in [0, 0.1) is 0 Å². The highest BCUT2D eigenvalue weighted by Crippen LogP contribution is 2.18. The van der Waals surface area contributed by atoms with Crippen molar-refractivity contribution in [3.8, 4) is 11.5 Å². The number of carbonyl (C=O) groups is 1. The van der Waals surface area contributed by atoms with Crippen LogP contribution in [-0.4, -0.2) is 26.3 Å². The molecule has 0 N–H and O–H groups in total. The SMILES string of the molecule is COC(=O)c1ccccc1OC/C=C\C/C=C\C/C=C\C/C=C\COc1ccccc1. The van der Waals surface area contributed by atoms with E-state index in [1.54, 1.807) is 18.2 Å². The number of rotatable bonds is 13. The molecule has 0 spiro atoms. The Kier molecular flexibility index (Phi) is 11.7. The van der Waals surface area contributed by atoms with Crippen molar-refractivity contribution in [1.29, 1.82) is 0 Å². The first-order chi connectivity index (χ1) is 15.3. The molecule has 4 nitrogen and oxygen atoms in total. The zero-order valence-corrected chi connectivity index (χ0v) is 18.0. The van der Waals surface area contributed by atoms with Gasteiger partial charge in [0.1, 0.15) is 30.3 Å². The van der Waals surface area contributed by atoms with Crippen LogP contribution in [0.15, 0.2) is 103 Å². The fraction of sp³-hybridized carbons (Fsp3) is 0.222. The summed E-state index contributed by atoms with van der Waals surface area (Å²) in [7, 11) is 1.36. The van der Waals surface area contributed by atoms with Crippen molar-refractivity contribution in [2.75, 3.05) is 20.3 Å². The van der Waals surface area contributed by atoms with E-state index in [2.05, 4.69) is 30.4 Å². The van der Waals surface area contributed by atoms with Crippen molar-refractivity contribution in [2.45, 2.75) is 19.3 Å². The van der Waals surface area contributed by atoms with E-state index >= 15 is 0 Å². The van der Waals surface area contributed by atoms with Crippen molar-refractivity contribution >= 4 is 5.97 Å². The molecule has 0 aliphatic rings. The van der Waals surface area contributed by atoms with E-state index in [0.29, 0.717) is 24.5 Å². The van der Waals surface area contributed by atoms with Crippen LogP contribution in [0.4, 0.5) is 0 Å². The summed E-state index contributed by atoms with van der Waals surface area (Å²) < 4.78 is 16.0. The topological polar surface area (TPSA) is 44.8 Å². The van der Waals surface area contributed by atoms with Crippen molar-refractivity contribution in [3.05, 3.63) is 109 Å². The molecule has 0 unspecified atom stereocenters. The Hall–Kier alpha value is -3.53. The van der Waals surface area contributed by atoms with Crippen LogP contribution in [0.5, 0.6) is 11.5 Å². The van der Waals surface area contributed by atoms with Crippen LogP contribution < -0.4 is 9.47 Å². The minimum Gasteiger partial charge on any atom is -0.490 e. The molecule has 2 rings (SSSR count). The molecule has 0 bridgehead atoms. The molecule has 0 saturated heterocycles. The number of hydrogen-bond acceptors (Lipinski definition) is 4. The lowest BCUT2D eigenvalue weighted by atomic mass is 10.2. The second-order valence-electron chi connectivity index (χ2n) is 6.52. The number of methoxy groups -OCH3 is 1. The van der Waals surface area contributed by atoms with E-state index < -0.39 is 5.97 Å². The molecule has 31 heavy (non-hydrogen) atoms. The van der Waals surface area contributed by atoms with E-state index in [1.807, 2.05) is 54.6 Å². The Morgan fingerprint density at radius 3 is 1.81 bits per heavy atom. The highest BCUT2D eigenvalue weighted by atomic mass is 16.5. The normalized spacial score (nSPS) is 11.6. The molecule has 0 fully saturated rings. The summed E-state index contributed by atoms with van der Waals surface area (Å²) >= 11 is 0. The smallest absolute Gasteiger partial charge is 0.341 e. The van der Waals surface area contributed by atoms with Gasteiger partial charge in [-0.25, -0.2) is 4.79 Å². The van der Waals surface area contributed by atoms with Gasteiger partial charge in [-0.15, -0.1) is 0 Å². The minimum atomic E-state index is -0.397. The van der Waals surface area contributed by atoms with Crippen molar-refractivity contribution < 1.29 is 19.0 Å². The third-order valence-corrected chi connectivity index (χ3v) is 4.20. The fourth-order valence-corrected chi connectivity index (χ4v) is 2.62. The maximum Gasteiger partial charge on any atom is 0.341 e. The summed E-state index contributed by atoms with van der Waals surface area (Å²) in [5.41, 5.74) is 0.434. The molecule has 2 aromatic carbocycles. The summed E-state index contributed by atoms with van der Waals surface area (Å²) in [6, 6.07) is 16.9. The van der Waals surface area contributed by atoms with Crippen LogP contribution in [0.3, 0.4) is 0 Å². The highest BCUT2D eigenvalue weighted by molar-refractivity contribution is 5.92. The number of hydrogen-bond donors (Lipinski definition) is 0. The molecule has 162 valence electrons. The second kappa shape index (κ2) is 15.3. The van der Waals surface area contributed by atoms with Crippen molar-refractivity contribution in [3.63, 3.8) is 0 Å². The largest absolute Gasteiger partial charge is 0.490 e. The molecule has 0 saturated carbocycles. The van der Waals surface area contributed by atoms with Crippen LogP contribution in [0.25, 0.3) is 0 Å². The molecule has 4 heteroatoms. The van der Waals surface area contributed by atoms with Gasteiger partial charge in [-0.1, -0.05) is 78.9 Å². The zero-order valence-electron chi connectivity index (χ0n) is 18.0. The first kappa shape index (κ1) is 23.7. The van der Waals surface area contributed by atoms with E-state index in [9.17, 15) is 4.79 Å². The van der Waals surface area contributed by atoms with Crippen LogP contribution in [0.2, 0.25) is 0 Å². The van der Waals surface area contributed by atoms with Gasteiger partial charge < -0.3 is 14.2 Å². The minimum absolute atomic E-state index is 0.397. The summed E-state index contributed by atoms with van der Waals surface area (Å²) in [5, 5.41) is 0. The molecule has 0 amide bonds. The molecule has 0 aliphatic carbocycles.